The van der Waals surface area contributed by atoms with E-state index in [2.05, 4.69) is 5.01 Å². The Hall–Kier alpha value is -2.77. The minimum absolute atomic E-state index is 0.0684. The topological polar surface area (TPSA) is 60.5 Å². The Kier molecular flexibility index (Phi) is 5.83. The maximum Gasteiger partial charge on any atom is 0.269 e. The highest BCUT2D eigenvalue weighted by atomic mass is 16.5. The molecule has 1 fully saturated rings. The molecule has 2 heterocycles. The standard InChI is InChI=1S/C23H28N2O5/c1-27-14-16-11-8-12-24(16)25-20(15-9-6-5-7-10-15)19-17(23(25)26)13-18(28-2)21(29-3)22(19)30-4/h5-7,9-10,13,16,20H,8,11-12,14H2,1-4H3/t16-,20+/m0/s1. The molecule has 1 amide bonds. The number of hydrazine groups is 1. The van der Waals surface area contributed by atoms with E-state index in [1.165, 1.54) is 0 Å². The van der Waals surface area contributed by atoms with Crippen molar-refractivity contribution in [3.8, 4) is 17.2 Å². The Labute approximate surface area is 177 Å². The fourth-order valence-electron chi connectivity index (χ4n) is 4.66. The van der Waals surface area contributed by atoms with Crippen molar-refractivity contribution in [2.45, 2.75) is 24.9 Å². The van der Waals surface area contributed by atoms with Gasteiger partial charge in [0.15, 0.2) is 11.5 Å². The first-order valence-corrected chi connectivity index (χ1v) is 10.1. The van der Waals surface area contributed by atoms with Gasteiger partial charge in [0.2, 0.25) is 5.75 Å². The molecule has 2 atom stereocenters. The Balaban J connectivity index is 1.93. The molecule has 0 unspecified atom stereocenters. The van der Waals surface area contributed by atoms with Crippen LogP contribution in [0.25, 0.3) is 0 Å². The number of carbonyl (C=O) groups is 1. The summed E-state index contributed by atoms with van der Waals surface area (Å²) < 4.78 is 22.3. The Morgan fingerprint density at radius 1 is 1.00 bits per heavy atom. The average molecular weight is 412 g/mol. The van der Waals surface area contributed by atoms with Crippen LogP contribution in [-0.2, 0) is 4.74 Å². The molecule has 2 aromatic rings. The first-order chi connectivity index (χ1) is 14.7. The van der Waals surface area contributed by atoms with Crippen LogP contribution in [0.5, 0.6) is 17.2 Å². The van der Waals surface area contributed by atoms with Crippen LogP contribution in [0.15, 0.2) is 36.4 Å². The number of methoxy groups -OCH3 is 4. The number of hydrogen-bond donors (Lipinski definition) is 0. The minimum Gasteiger partial charge on any atom is -0.493 e. The molecule has 0 N–H and O–H groups in total. The second-order valence-corrected chi connectivity index (χ2v) is 7.48. The Morgan fingerprint density at radius 2 is 1.73 bits per heavy atom. The fraction of sp³-hybridized carbons (Fsp3) is 0.435. The molecule has 4 rings (SSSR count). The molecule has 2 aliphatic heterocycles. The van der Waals surface area contributed by atoms with E-state index in [-0.39, 0.29) is 18.0 Å². The van der Waals surface area contributed by atoms with Crippen molar-refractivity contribution < 1.29 is 23.7 Å². The molecule has 2 aromatic carbocycles. The third kappa shape index (κ3) is 3.18. The third-order valence-corrected chi connectivity index (χ3v) is 5.92. The zero-order valence-corrected chi connectivity index (χ0v) is 17.9. The van der Waals surface area contributed by atoms with Crippen LogP contribution in [0.1, 0.15) is 40.4 Å². The molecule has 0 spiro atoms. The normalized spacial score (nSPS) is 21.1. The number of benzene rings is 2. The molecule has 2 aliphatic rings. The largest absolute Gasteiger partial charge is 0.493 e. The van der Waals surface area contributed by atoms with Gasteiger partial charge in [0.25, 0.3) is 5.91 Å². The van der Waals surface area contributed by atoms with Crippen molar-refractivity contribution in [2.75, 3.05) is 41.6 Å². The average Bonchev–Trinajstić information content (AvgIpc) is 3.34. The summed E-state index contributed by atoms with van der Waals surface area (Å²) in [4.78, 5) is 13.7. The number of nitrogens with zero attached hydrogens (tertiary/aromatic N) is 2. The van der Waals surface area contributed by atoms with Crippen LogP contribution < -0.4 is 14.2 Å². The summed E-state index contributed by atoms with van der Waals surface area (Å²) in [6.45, 7) is 1.37. The number of ether oxygens (including phenoxy) is 4. The van der Waals surface area contributed by atoms with Crippen molar-refractivity contribution in [3.63, 3.8) is 0 Å². The van der Waals surface area contributed by atoms with Gasteiger partial charge in [0.1, 0.15) is 6.04 Å². The quantitative estimate of drug-likeness (QED) is 0.696. The lowest BCUT2D eigenvalue weighted by Crippen LogP contribution is -2.49. The molecule has 0 bridgehead atoms. The van der Waals surface area contributed by atoms with Gasteiger partial charge in [0, 0.05) is 19.2 Å². The minimum atomic E-state index is -0.319. The van der Waals surface area contributed by atoms with Gasteiger partial charge in [0.05, 0.1) is 39.5 Å². The maximum atomic E-state index is 13.7. The van der Waals surface area contributed by atoms with Crippen LogP contribution in [0.3, 0.4) is 0 Å². The van der Waals surface area contributed by atoms with Crippen LogP contribution >= 0.6 is 0 Å². The number of fused-ring (bicyclic) bond motifs is 1. The van der Waals surface area contributed by atoms with E-state index in [0.29, 0.717) is 29.4 Å². The van der Waals surface area contributed by atoms with E-state index >= 15 is 0 Å². The molecule has 160 valence electrons. The van der Waals surface area contributed by atoms with Crippen LogP contribution in [0.4, 0.5) is 0 Å². The Morgan fingerprint density at radius 3 is 2.37 bits per heavy atom. The van der Waals surface area contributed by atoms with Crippen molar-refractivity contribution in [3.05, 3.63) is 53.1 Å². The van der Waals surface area contributed by atoms with Gasteiger partial charge in [-0.05, 0) is 24.5 Å². The van der Waals surface area contributed by atoms with Crippen molar-refractivity contribution in [1.82, 2.24) is 10.0 Å². The predicted molar refractivity (Wildman–Crippen MR) is 112 cm³/mol. The fourth-order valence-corrected chi connectivity index (χ4v) is 4.66. The lowest BCUT2D eigenvalue weighted by molar-refractivity contribution is -0.0468. The van der Waals surface area contributed by atoms with Crippen molar-refractivity contribution in [1.29, 1.82) is 0 Å². The summed E-state index contributed by atoms with van der Waals surface area (Å²) in [6.07, 6.45) is 2.00. The van der Waals surface area contributed by atoms with Gasteiger partial charge in [-0.3, -0.25) is 9.80 Å². The summed E-state index contributed by atoms with van der Waals surface area (Å²) in [5.74, 6) is 1.43. The molecule has 30 heavy (non-hydrogen) atoms. The highest BCUT2D eigenvalue weighted by Crippen LogP contribution is 2.52. The SMILES string of the molecule is COC[C@@H]1CCCN1N1C(=O)c2cc(OC)c(OC)c(OC)c2[C@H]1c1ccccc1. The first kappa shape index (κ1) is 20.5. The van der Waals surface area contributed by atoms with Crippen LogP contribution in [0.2, 0.25) is 0 Å². The summed E-state index contributed by atoms with van der Waals surface area (Å²) in [5, 5.41) is 4.03. The molecule has 0 saturated carbocycles. The highest BCUT2D eigenvalue weighted by Gasteiger charge is 2.47. The van der Waals surface area contributed by atoms with E-state index in [0.717, 1.165) is 30.5 Å². The predicted octanol–water partition coefficient (Wildman–Crippen LogP) is 3.28. The molecule has 7 nitrogen and oxygen atoms in total. The smallest absolute Gasteiger partial charge is 0.269 e. The van der Waals surface area contributed by atoms with Crippen LogP contribution in [-0.4, -0.2) is 63.6 Å². The van der Waals surface area contributed by atoms with E-state index in [1.807, 2.05) is 35.3 Å². The van der Waals surface area contributed by atoms with E-state index in [1.54, 1.807) is 34.5 Å². The number of amides is 1. The van der Waals surface area contributed by atoms with Crippen molar-refractivity contribution >= 4 is 5.91 Å². The maximum absolute atomic E-state index is 13.7. The van der Waals surface area contributed by atoms with E-state index in [4.69, 9.17) is 18.9 Å². The molecule has 0 radical (unpaired) electrons. The first-order valence-electron chi connectivity index (χ1n) is 10.1. The van der Waals surface area contributed by atoms with Gasteiger partial charge in [-0.2, -0.15) is 0 Å². The van der Waals surface area contributed by atoms with E-state index < -0.39 is 0 Å². The highest BCUT2D eigenvalue weighted by molar-refractivity contribution is 6.01. The van der Waals surface area contributed by atoms with Gasteiger partial charge >= 0.3 is 0 Å². The van der Waals surface area contributed by atoms with Gasteiger partial charge in [-0.25, -0.2) is 5.01 Å². The number of carbonyl (C=O) groups excluding carboxylic acids is 1. The Bertz CT molecular complexity index is 918. The zero-order valence-electron chi connectivity index (χ0n) is 17.9. The molecule has 0 aliphatic carbocycles. The molecular formula is C23H28N2O5. The van der Waals surface area contributed by atoms with E-state index in [9.17, 15) is 4.79 Å². The second-order valence-electron chi connectivity index (χ2n) is 7.48. The van der Waals surface area contributed by atoms with Gasteiger partial charge in [-0.15, -0.1) is 0 Å². The van der Waals surface area contributed by atoms with Gasteiger partial charge in [-0.1, -0.05) is 30.3 Å². The van der Waals surface area contributed by atoms with Crippen molar-refractivity contribution in [2.24, 2.45) is 0 Å². The van der Waals surface area contributed by atoms with Crippen LogP contribution in [0, 0.1) is 0 Å². The summed E-state index contributed by atoms with van der Waals surface area (Å²) in [5.41, 5.74) is 2.38. The number of rotatable bonds is 7. The van der Waals surface area contributed by atoms with Gasteiger partial charge < -0.3 is 18.9 Å². The summed E-state index contributed by atoms with van der Waals surface area (Å²) >= 11 is 0. The zero-order chi connectivity index (χ0) is 21.3. The molecule has 0 aromatic heterocycles. The summed E-state index contributed by atoms with van der Waals surface area (Å²) in [7, 11) is 6.43. The molecule has 7 heteroatoms. The number of hydrogen-bond acceptors (Lipinski definition) is 6. The summed E-state index contributed by atoms with van der Waals surface area (Å²) in [6, 6.07) is 11.6. The third-order valence-electron chi connectivity index (χ3n) is 5.92. The molecule has 1 saturated heterocycles. The lowest BCUT2D eigenvalue weighted by atomic mass is 9.96. The second kappa shape index (κ2) is 8.53. The molecular weight excluding hydrogens is 384 g/mol. The lowest BCUT2D eigenvalue weighted by Gasteiger charge is -2.37. The monoisotopic (exact) mass is 412 g/mol.